The fourth-order valence-corrected chi connectivity index (χ4v) is 2.04. The lowest BCUT2D eigenvalue weighted by molar-refractivity contribution is 0.0585. The highest BCUT2D eigenvalue weighted by atomic mass is 79.9. The van der Waals surface area contributed by atoms with Gasteiger partial charge in [0.25, 0.3) is 0 Å². The van der Waals surface area contributed by atoms with Crippen LogP contribution in [0.2, 0.25) is 0 Å². The number of aromatic nitrogens is 2. The molecule has 0 atom stereocenters. The van der Waals surface area contributed by atoms with Crippen LogP contribution in [0, 0.1) is 0 Å². The summed E-state index contributed by atoms with van der Waals surface area (Å²) in [7, 11) is 2.44. The SMILES string of the molecule is COC(=O)c1cc(-c2cccc(Br)c2)nn1C(=O)OC. The zero-order valence-corrected chi connectivity index (χ0v) is 12.4. The van der Waals surface area contributed by atoms with Crippen molar-refractivity contribution in [2.45, 2.75) is 0 Å². The van der Waals surface area contributed by atoms with E-state index >= 15 is 0 Å². The minimum absolute atomic E-state index is 0.00863. The number of methoxy groups -OCH3 is 2. The molecule has 0 unspecified atom stereocenters. The summed E-state index contributed by atoms with van der Waals surface area (Å²) in [5.41, 5.74) is 1.23. The van der Waals surface area contributed by atoms with E-state index in [0.29, 0.717) is 5.69 Å². The maximum Gasteiger partial charge on any atom is 0.435 e. The van der Waals surface area contributed by atoms with Crippen molar-refractivity contribution >= 4 is 28.0 Å². The van der Waals surface area contributed by atoms with Crippen LogP contribution < -0.4 is 0 Å². The van der Waals surface area contributed by atoms with E-state index < -0.39 is 12.1 Å². The monoisotopic (exact) mass is 338 g/mol. The number of carbonyl (C=O) groups is 2. The van der Waals surface area contributed by atoms with Gasteiger partial charge in [0.15, 0.2) is 5.69 Å². The van der Waals surface area contributed by atoms with Crippen molar-refractivity contribution in [3.63, 3.8) is 0 Å². The molecule has 2 rings (SSSR count). The molecule has 0 aliphatic rings. The average molecular weight is 339 g/mol. The van der Waals surface area contributed by atoms with Gasteiger partial charge in [-0.25, -0.2) is 9.59 Å². The third kappa shape index (κ3) is 2.72. The molecule has 0 amide bonds. The first-order valence-corrected chi connectivity index (χ1v) is 6.38. The van der Waals surface area contributed by atoms with E-state index in [0.717, 1.165) is 14.7 Å². The number of halogens is 1. The van der Waals surface area contributed by atoms with Gasteiger partial charge in [0, 0.05) is 10.0 Å². The Hall–Kier alpha value is -2.15. The first kappa shape index (κ1) is 14.3. The Kier molecular flexibility index (Phi) is 4.19. The lowest BCUT2D eigenvalue weighted by atomic mass is 10.1. The molecule has 7 heteroatoms. The van der Waals surface area contributed by atoms with Crippen LogP contribution in [0.4, 0.5) is 4.79 Å². The molecule has 1 aromatic heterocycles. The van der Waals surface area contributed by atoms with Gasteiger partial charge in [-0.3, -0.25) is 0 Å². The average Bonchev–Trinajstić information content (AvgIpc) is 2.90. The molecular formula is C13H11BrN2O4. The van der Waals surface area contributed by atoms with Crippen molar-refractivity contribution < 1.29 is 19.1 Å². The number of nitrogens with zero attached hydrogens (tertiary/aromatic N) is 2. The Labute approximate surface area is 123 Å². The molecule has 0 aliphatic heterocycles. The van der Waals surface area contributed by atoms with Crippen LogP contribution in [0.15, 0.2) is 34.8 Å². The zero-order valence-electron chi connectivity index (χ0n) is 10.8. The van der Waals surface area contributed by atoms with Crippen LogP contribution in [0.3, 0.4) is 0 Å². The summed E-state index contributed by atoms with van der Waals surface area (Å²) in [5, 5.41) is 4.08. The number of benzene rings is 1. The van der Waals surface area contributed by atoms with E-state index in [2.05, 4.69) is 30.5 Å². The van der Waals surface area contributed by atoms with Gasteiger partial charge in [-0.2, -0.15) is 9.78 Å². The van der Waals surface area contributed by atoms with Crippen LogP contribution >= 0.6 is 15.9 Å². The summed E-state index contributed by atoms with van der Waals surface area (Å²) in [6.07, 6.45) is -0.758. The Morgan fingerprint density at radius 2 is 1.95 bits per heavy atom. The van der Waals surface area contributed by atoms with Gasteiger partial charge in [0.1, 0.15) is 0 Å². The summed E-state index contributed by atoms with van der Waals surface area (Å²) >= 11 is 3.35. The van der Waals surface area contributed by atoms with Gasteiger partial charge < -0.3 is 9.47 Å². The van der Waals surface area contributed by atoms with Gasteiger partial charge in [-0.1, -0.05) is 28.1 Å². The third-order valence-corrected chi connectivity index (χ3v) is 3.07. The summed E-state index contributed by atoms with van der Waals surface area (Å²) in [6, 6.07) is 8.81. The molecule has 0 spiro atoms. The smallest absolute Gasteiger partial charge is 0.435 e. The summed E-state index contributed by atoms with van der Waals surface area (Å²) < 4.78 is 11.0. The quantitative estimate of drug-likeness (QED) is 0.787. The van der Waals surface area contributed by atoms with Crippen molar-refractivity contribution in [3.8, 4) is 11.3 Å². The van der Waals surface area contributed by atoms with E-state index in [1.807, 2.05) is 24.3 Å². The second-order valence-corrected chi connectivity index (χ2v) is 4.71. The van der Waals surface area contributed by atoms with E-state index in [9.17, 15) is 9.59 Å². The highest BCUT2D eigenvalue weighted by Gasteiger charge is 2.21. The van der Waals surface area contributed by atoms with Crippen molar-refractivity contribution in [2.24, 2.45) is 0 Å². The molecule has 0 N–H and O–H groups in total. The number of hydrogen-bond acceptors (Lipinski definition) is 5. The third-order valence-electron chi connectivity index (χ3n) is 2.57. The van der Waals surface area contributed by atoms with Gasteiger partial charge in [-0.05, 0) is 18.2 Å². The van der Waals surface area contributed by atoms with Crippen LogP contribution in [0.1, 0.15) is 10.5 Å². The molecule has 20 heavy (non-hydrogen) atoms. The molecule has 1 aromatic carbocycles. The van der Waals surface area contributed by atoms with Crippen molar-refractivity contribution in [1.29, 1.82) is 0 Å². The highest BCUT2D eigenvalue weighted by molar-refractivity contribution is 9.10. The van der Waals surface area contributed by atoms with Crippen LogP contribution in [-0.4, -0.2) is 36.1 Å². The molecule has 0 saturated carbocycles. The second kappa shape index (κ2) is 5.87. The highest BCUT2D eigenvalue weighted by Crippen LogP contribution is 2.23. The molecule has 0 saturated heterocycles. The predicted molar refractivity (Wildman–Crippen MR) is 74.5 cm³/mol. The molecule has 6 nitrogen and oxygen atoms in total. The summed E-state index contributed by atoms with van der Waals surface area (Å²) in [4.78, 5) is 23.3. The van der Waals surface area contributed by atoms with Crippen molar-refractivity contribution in [1.82, 2.24) is 9.78 Å². The Balaban J connectivity index is 2.54. The normalized spacial score (nSPS) is 10.2. The number of esters is 1. The standard InChI is InChI=1S/C13H11BrN2O4/c1-19-12(17)11-7-10(15-16(11)13(18)20-2)8-4-3-5-9(14)6-8/h3-7H,1-2H3. The fourth-order valence-electron chi connectivity index (χ4n) is 1.65. The van der Waals surface area contributed by atoms with Crippen LogP contribution in [0.5, 0.6) is 0 Å². The topological polar surface area (TPSA) is 70.4 Å². The first-order valence-electron chi connectivity index (χ1n) is 5.59. The Morgan fingerprint density at radius 3 is 2.55 bits per heavy atom. The number of rotatable bonds is 2. The molecule has 0 fully saturated rings. The van der Waals surface area contributed by atoms with Crippen LogP contribution in [-0.2, 0) is 9.47 Å². The van der Waals surface area contributed by atoms with E-state index in [1.54, 1.807) is 0 Å². The van der Waals surface area contributed by atoms with Gasteiger partial charge in [0.05, 0.1) is 19.9 Å². The van der Waals surface area contributed by atoms with E-state index in [1.165, 1.54) is 20.3 Å². The molecule has 1 heterocycles. The fraction of sp³-hybridized carbons (Fsp3) is 0.154. The maximum absolute atomic E-state index is 11.7. The van der Waals surface area contributed by atoms with Crippen molar-refractivity contribution in [3.05, 3.63) is 40.5 Å². The van der Waals surface area contributed by atoms with Crippen LogP contribution in [0.25, 0.3) is 11.3 Å². The lowest BCUT2D eigenvalue weighted by Crippen LogP contribution is -2.19. The predicted octanol–water partition coefficient (Wildman–Crippen LogP) is 2.71. The Bertz CT molecular complexity index is 633. The molecule has 2 aromatic rings. The second-order valence-electron chi connectivity index (χ2n) is 3.80. The summed E-state index contributed by atoms with van der Waals surface area (Å²) in [6.45, 7) is 0. The largest absolute Gasteiger partial charge is 0.464 e. The molecule has 0 bridgehead atoms. The molecular weight excluding hydrogens is 328 g/mol. The number of hydrogen-bond donors (Lipinski definition) is 0. The molecule has 104 valence electrons. The van der Waals surface area contributed by atoms with Crippen molar-refractivity contribution in [2.75, 3.05) is 14.2 Å². The summed E-state index contributed by atoms with van der Waals surface area (Å²) in [5.74, 6) is -0.663. The zero-order chi connectivity index (χ0) is 14.7. The van der Waals surface area contributed by atoms with E-state index in [-0.39, 0.29) is 5.69 Å². The molecule has 0 radical (unpaired) electrons. The Morgan fingerprint density at radius 1 is 1.20 bits per heavy atom. The first-order chi connectivity index (χ1) is 9.56. The number of ether oxygens (including phenoxy) is 2. The number of carbonyl (C=O) groups excluding carboxylic acids is 2. The van der Waals surface area contributed by atoms with E-state index in [4.69, 9.17) is 0 Å². The van der Waals surface area contributed by atoms with Gasteiger partial charge in [0.2, 0.25) is 0 Å². The lowest BCUT2D eigenvalue weighted by Gasteiger charge is -2.01. The van der Waals surface area contributed by atoms with Gasteiger partial charge >= 0.3 is 12.1 Å². The minimum Gasteiger partial charge on any atom is -0.464 e. The van der Waals surface area contributed by atoms with Gasteiger partial charge in [-0.15, -0.1) is 0 Å². The molecule has 0 aliphatic carbocycles. The minimum atomic E-state index is -0.758. The maximum atomic E-state index is 11.7.